The number of nitrogens with zero attached hydrogens (tertiary/aromatic N) is 1. The molecule has 3 rings (SSSR count). The molecule has 1 atom stereocenters. The lowest BCUT2D eigenvalue weighted by Gasteiger charge is -2.30. The molecule has 0 radical (unpaired) electrons. The van der Waals surface area contributed by atoms with E-state index in [9.17, 15) is 14.7 Å². The molecule has 0 aliphatic carbocycles. The molecular formula is C20H24N4O3. The fourth-order valence-electron chi connectivity index (χ4n) is 3.00. The number of benzene rings is 2. The summed E-state index contributed by atoms with van der Waals surface area (Å²) in [5.74, 6) is 0. The minimum atomic E-state index is -0.444. The van der Waals surface area contributed by atoms with E-state index in [-0.39, 0.29) is 12.1 Å². The van der Waals surface area contributed by atoms with Crippen molar-refractivity contribution in [1.29, 1.82) is 0 Å². The van der Waals surface area contributed by atoms with E-state index in [4.69, 9.17) is 0 Å². The molecule has 2 aromatic rings. The van der Waals surface area contributed by atoms with Crippen molar-refractivity contribution in [3.8, 4) is 0 Å². The van der Waals surface area contributed by atoms with Crippen molar-refractivity contribution in [1.82, 2.24) is 10.2 Å². The van der Waals surface area contributed by atoms with Gasteiger partial charge in [0, 0.05) is 31.0 Å². The summed E-state index contributed by atoms with van der Waals surface area (Å²) in [5.41, 5.74) is 2.23. The Bertz CT molecular complexity index is 782. The van der Waals surface area contributed by atoms with Gasteiger partial charge in [0.2, 0.25) is 0 Å². The van der Waals surface area contributed by atoms with Crippen LogP contribution in [0.15, 0.2) is 54.6 Å². The number of piperidine rings is 1. The molecular weight excluding hydrogens is 344 g/mol. The van der Waals surface area contributed by atoms with Gasteiger partial charge in [-0.25, -0.2) is 9.59 Å². The van der Waals surface area contributed by atoms with Crippen molar-refractivity contribution in [2.45, 2.75) is 25.5 Å². The lowest BCUT2D eigenvalue weighted by molar-refractivity contribution is 0.0842. The molecule has 0 bridgehead atoms. The van der Waals surface area contributed by atoms with Crippen LogP contribution in [0.1, 0.15) is 18.4 Å². The Hall–Kier alpha value is -3.06. The molecule has 1 saturated heterocycles. The summed E-state index contributed by atoms with van der Waals surface area (Å²) >= 11 is 0. The zero-order chi connectivity index (χ0) is 19.1. The van der Waals surface area contributed by atoms with Crippen LogP contribution in [0.4, 0.5) is 21.0 Å². The number of β-amino-alcohol motifs (C(OH)–C–C–N with tert-alkyl or cyclic N) is 1. The van der Waals surface area contributed by atoms with Gasteiger partial charge in [0.25, 0.3) is 0 Å². The van der Waals surface area contributed by atoms with E-state index in [2.05, 4.69) is 16.0 Å². The van der Waals surface area contributed by atoms with Gasteiger partial charge < -0.3 is 26.0 Å². The number of amides is 4. The first-order valence-corrected chi connectivity index (χ1v) is 9.03. The summed E-state index contributed by atoms with van der Waals surface area (Å²) in [6.07, 6.45) is 1.10. The summed E-state index contributed by atoms with van der Waals surface area (Å²) < 4.78 is 0. The summed E-state index contributed by atoms with van der Waals surface area (Å²) in [6.45, 7) is 1.37. The van der Waals surface area contributed by atoms with Crippen LogP contribution in [0.25, 0.3) is 0 Å². The molecule has 7 heteroatoms. The van der Waals surface area contributed by atoms with E-state index >= 15 is 0 Å². The summed E-state index contributed by atoms with van der Waals surface area (Å²) in [7, 11) is 0. The molecule has 1 aliphatic heterocycles. The van der Waals surface area contributed by atoms with Crippen molar-refractivity contribution in [2.24, 2.45) is 0 Å². The number of carbonyl (C=O) groups is 2. The number of aliphatic hydroxyl groups is 1. The maximum atomic E-state index is 12.2. The quantitative estimate of drug-likeness (QED) is 0.668. The Kier molecular flexibility index (Phi) is 6.27. The Labute approximate surface area is 158 Å². The molecule has 7 nitrogen and oxygen atoms in total. The number of hydrogen-bond acceptors (Lipinski definition) is 3. The average molecular weight is 368 g/mol. The fourth-order valence-corrected chi connectivity index (χ4v) is 3.00. The Morgan fingerprint density at radius 3 is 2.56 bits per heavy atom. The van der Waals surface area contributed by atoms with Crippen molar-refractivity contribution in [2.75, 3.05) is 23.7 Å². The number of urea groups is 2. The summed E-state index contributed by atoms with van der Waals surface area (Å²) in [6, 6.07) is 16.0. The monoisotopic (exact) mass is 368 g/mol. The molecule has 0 saturated carbocycles. The molecule has 1 aliphatic rings. The molecule has 142 valence electrons. The first kappa shape index (κ1) is 18.7. The van der Waals surface area contributed by atoms with Gasteiger partial charge in [0.15, 0.2) is 0 Å². The number of hydrogen-bond donors (Lipinski definition) is 4. The number of likely N-dealkylation sites (tertiary alicyclic amines) is 1. The summed E-state index contributed by atoms with van der Waals surface area (Å²) in [4.78, 5) is 25.9. The fraction of sp³-hybridized carbons (Fsp3) is 0.300. The van der Waals surface area contributed by atoms with Crippen molar-refractivity contribution >= 4 is 23.4 Å². The summed E-state index contributed by atoms with van der Waals surface area (Å²) in [5, 5.41) is 18.1. The first-order chi connectivity index (χ1) is 13.1. The zero-order valence-corrected chi connectivity index (χ0v) is 15.0. The van der Waals surface area contributed by atoms with Gasteiger partial charge in [-0.1, -0.05) is 30.3 Å². The van der Waals surface area contributed by atoms with Crippen molar-refractivity contribution in [3.63, 3.8) is 0 Å². The van der Waals surface area contributed by atoms with Gasteiger partial charge in [-0.15, -0.1) is 0 Å². The molecule has 4 amide bonds. The van der Waals surface area contributed by atoms with Crippen LogP contribution in [-0.4, -0.2) is 41.3 Å². The van der Waals surface area contributed by atoms with Gasteiger partial charge in [-0.3, -0.25) is 0 Å². The molecule has 0 aromatic heterocycles. The minimum Gasteiger partial charge on any atom is -0.391 e. The second-order valence-corrected chi connectivity index (χ2v) is 6.55. The minimum absolute atomic E-state index is 0.186. The molecule has 1 fully saturated rings. The SMILES string of the molecule is O=C(Nc1ccccc1)Nc1cccc(CNC(=O)N2CCCC(O)C2)c1. The van der Waals surface area contributed by atoms with E-state index in [1.807, 2.05) is 48.5 Å². The third-order valence-electron chi connectivity index (χ3n) is 4.34. The molecule has 1 unspecified atom stereocenters. The number of para-hydroxylation sites is 1. The Balaban J connectivity index is 1.51. The standard InChI is InChI=1S/C20H24N4O3/c25-18-10-5-11-24(14-18)20(27)21-13-15-6-4-9-17(12-15)23-19(26)22-16-7-2-1-3-8-16/h1-4,6-9,12,18,25H,5,10-11,13-14H2,(H,21,27)(H2,22,23,26). The predicted octanol–water partition coefficient (Wildman–Crippen LogP) is 3.00. The normalized spacial score (nSPS) is 16.5. The maximum Gasteiger partial charge on any atom is 0.323 e. The number of carbonyl (C=O) groups excluding carboxylic acids is 2. The van der Waals surface area contributed by atoms with Crippen LogP contribution in [-0.2, 0) is 6.54 Å². The van der Waals surface area contributed by atoms with Crippen LogP contribution in [0.3, 0.4) is 0 Å². The van der Waals surface area contributed by atoms with Crippen LogP contribution >= 0.6 is 0 Å². The van der Waals surface area contributed by atoms with E-state index in [1.54, 1.807) is 11.0 Å². The number of rotatable bonds is 4. The third kappa shape index (κ3) is 5.72. The highest BCUT2D eigenvalue weighted by Gasteiger charge is 2.21. The molecule has 1 heterocycles. The van der Waals surface area contributed by atoms with Gasteiger partial charge in [0.05, 0.1) is 6.10 Å². The van der Waals surface area contributed by atoms with E-state index in [0.717, 1.165) is 18.4 Å². The second-order valence-electron chi connectivity index (χ2n) is 6.55. The van der Waals surface area contributed by atoms with Gasteiger partial charge in [0.1, 0.15) is 0 Å². The van der Waals surface area contributed by atoms with Crippen LogP contribution < -0.4 is 16.0 Å². The topological polar surface area (TPSA) is 93.7 Å². The largest absolute Gasteiger partial charge is 0.391 e. The molecule has 0 spiro atoms. The lowest BCUT2D eigenvalue weighted by Crippen LogP contribution is -2.46. The zero-order valence-electron chi connectivity index (χ0n) is 15.0. The molecule has 27 heavy (non-hydrogen) atoms. The highest BCUT2D eigenvalue weighted by molar-refractivity contribution is 5.99. The molecule has 4 N–H and O–H groups in total. The van der Waals surface area contributed by atoms with Crippen LogP contribution in [0.2, 0.25) is 0 Å². The van der Waals surface area contributed by atoms with Gasteiger partial charge in [-0.05, 0) is 42.7 Å². The lowest BCUT2D eigenvalue weighted by atomic mass is 10.1. The predicted molar refractivity (Wildman–Crippen MR) is 105 cm³/mol. The molecule has 2 aromatic carbocycles. The van der Waals surface area contributed by atoms with Crippen molar-refractivity contribution < 1.29 is 14.7 Å². The average Bonchev–Trinajstić information content (AvgIpc) is 2.67. The number of anilines is 2. The smallest absolute Gasteiger partial charge is 0.323 e. The number of nitrogens with one attached hydrogen (secondary N) is 3. The van der Waals surface area contributed by atoms with E-state index in [0.29, 0.717) is 31.0 Å². The maximum absolute atomic E-state index is 12.2. The highest BCUT2D eigenvalue weighted by atomic mass is 16.3. The highest BCUT2D eigenvalue weighted by Crippen LogP contribution is 2.13. The van der Waals surface area contributed by atoms with E-state index in [1.165, 1.54) is 0 Å². The van der Waals surface area contributed by atoms with Crippen molar-refractivity contribution in [3.05, 3.63) is 60.2 Å². The number of aliphatic hydroxyl groups excluding tert-OH is 1. The van der Waals surface area contributed by atoms with Crippen LogP contribution in [0.5, 0.6) is 0 Å². The Morgan fingerprint density at radius 1 is 1.04 bits per heavy atom. The van der Waals surface area contributed by atoms with Gasteiger partial charge in [-0.2, -0.15) is 0 Å². The van der Waals surface area contributed by atoms with Gasteiger partial charge >= 0.3 is 12.1 Å². The van der Waals surface area contributed by atoms with Crippen LogP contribution in [0, 0.1) is 0 Å². The second kappa shape index (κ2) is 9.05. The third-order valence-corrected chi connectivity index (χ3v) is 4.34. The Morgan fingerprint density at radius 2 is 1.78 bits per heavy atom. The first-order valence-electron chi connectivity index (χ1n) is 9.03. The van der Waals surface area contributed by atoms with E-state index < -0.39 is 6.10 Å².